The van der Waals surface area contributed by atoms with Gasteiger partial charge in [-0.1, -0.05) is 30.3 Å². The van der Waals surface area contributed by atoms with E-state index in [1.807, 2.05) is 42.5 Å². The number of aliphatic imine (C=N–C) groups is 1. The van der Waals surface area contributed by atoms with Gasteiger partial charge in [-0.15, -0.1) is 0 Å². The normalized spacial score (nSPS) is 16.5. The standard InChI is InChI=1S/C20H24N4O2/c1-21-20(22-12-14-6-5-7-16(10-14)26-2)23-13-15-11-19(25)24-18-9-4-3-8-17(15)18/h3-10,15H,11-13H2,1-2H3,(H,24,25)(H2,21,22,23). The van der Waals surface area contributed by atoms with Crippen molar-refractivity contribution in [2.45, 2.75) is 18.9 Å². The molecule has 136 valence electrons. The summed E-state index contributed by atoms with van der Waals surface area (Å²) in [6.45, 7) is 1.28. The van der Waals surface area contributed by atoms with E-state index in [0.29, 0.717) is 25.5 Å². The summed E-state index contributed by atoms with van der Waals surface area (Å²) in [6.07, 6.45) is 0.469. The molecular weight excluding hydrogens is 328 g/mol. The van der Waals surface area contributed by atoms with Crippen molar-refractivity contribution in [2.24, 2.45) is 4.99 Å². The number of carbonyl (C=O) groups is 1. The van der Waals surface area contributed by atoms with Crippen LogP contribution in [0.3, 0.4) is 0 Å². The van der Waals surface area contributed by atoms with E-state index in [-0.39, 0.29) is 11.8 Å². The number of nitrogens with zero attached hydrogens (tertiary/aromatic N) is 1. The van der Waals surface area contributed by atoms with E-state index in [9.17, 15) is 4.79 Å². The Morgan fingerprint density at radius 1 is 1.23 bits per heavy atom. The number of nitrogens with one attached hydrogen (secondary N) is 3. The van der Waals surface area contributed by atoms with E-state index in [2.05, 4.69) is 27.0 Å². The van der Waals surface area contributed by atoms with Gasteiger partial charge in [0.05, 0.1) is 7.11 Å². The van der Waals surface area contributed by atoms with E-state index in [1.165, 1.54) is 0 Å². The first-order valence-electron chi connectivity index (χ1n) is 8.66. The maximum absolute atomic E-state index is 11.9. The van der Waals surface area contributed by atoms with Crippen LogP contribution in [-0.2, 0) is 11.3 Å². The Morgan fingerprint density at radius 2 is 2.08 bits per heavy atom. The molecular formula is C20H24N4O2. The lowest BCUT2D eigenvalue weighted by Crippen LogP contribution is -2.40. The van der Waals surface area contributed by atoms with Crippen LogP contribution in [-0.4, -0.2) is 32.6 Å². The van der Waals surface area contributed by atoms with E-state index in [1.54, 1.807) is 14.2 Å². The second-order valence-corrected chi connectivity index (χ2v) is 6.19. The van der Waals surface area contributed by atoms with Gasteiger partial charge >= 0.3 is 0 Å². The van der Waals surface area contributed by atoms with Crippen molar-refractivity contribution >= 4 is 17.6 Å². The first-order valence-corrected chi connectivity index (χ1v) is 8.66. The number of benzene rings is 2. The number of carbonyl (C=O) groups excluding carboxylic acids is 1. The zero-order chi connectivity index (χ0) is 18.4. The molecule has 3 rings (SSSR count). The van der Waals surface area contributed by atoms with Gasteiger partial charge in [-0.25, -0.2) is 0 Å². The highest BCUT2D eigenvalue weighted by Crippen LogP contribution is 2.31. The fourth-order valence-electron chi connectivity index (χ4n) is 3.09. The third-order valence-electron chi connectivity index (χ3n) is 4.44. The average Bonchev–Trinajstić information content (AvgIpc) is 2.68. The Hall–Kier alpha value is -3.02. The number of anilines is 1. The third-order valence-corrected chi connectivity index (χ3v) is 4.44. The molecule has 6 nitrogen and oxygen atoms in total. The minimum atomic E-state index is 0.0508. The van der Waals surface area contributed by atoms with Gasteiger partial charge in [0.2, 0.25) is 5.91 Å². The van der Waals surface area contributed by atoms with Gasteiger partial charge < -0.3 is 20.7 Å². The molecule has 2 aromatic carbocycles. The minimum Gasteiger partial charge on any atom is -0.497 e. The van der Waals surface area contributed by atoms with Gasteiger partial charge in [0.1, 0.15) is 5.75 Å². The summed E-state index contributed by atoms with van der Waals surface area (Å²) in [7, 11) is 3.40. The largest absolute Gasteiger partial charge is 0.497 e. The maximum atomic E-state index is 11.9. The van der Waals surface area contributed by atoms with Crippen molar-refractivity contribution in [2.75, 3.05) is 26.0 Å². The highest BCUT2D eigenvalue weighted by molar-refractivity contribution is 5.94. The molecule has 1 unspecified atom stereocenters. The van der Waals surface area contributed by atoms with Crippen molar-refractivity contribution in [1.82, 2.24) is 10.6 Å². The SMILES string of the molecule is CN=C(NCc1cccc(OC)c1)NCC1CC(=O)Nc2ccccc21. The lowest BCUT2D eigenvalue weighted by molar-refractivity contribution is -0.116. The summed E-state index contributed by atoms with van der Waals surface area (Å²) in [5.41, 5.74) is 3.16. The number of para-hydroxylation sites is 1. The predicted octanol–water partition coefficient (Wildman–Crippen LogP) is 2.49. The highest BCUT2D eigenvalue weighted by Gasteiger charge is 2.24. The smallest absolute Gasteiger partial charge is 0.225 e. The molecule has 1 atom stereocenters. The van der Waals surface area contributed by atoms with Crippen LogP contribution in [0.4, 0.5) is 5.69 Å². The zero-order valence-electron chi connectivity index (χ0n) is 15.1. The molecule has 0 bridgehead atoms. The van der Waals surface area contributed by atoms with Crippen LogP contribution in [0.15, 0.2) is 53.5 Å². The summed E-state index contributed by atoms with van der Waals surface area (Å²) in [6, 6.07) is 15.8. The van der Waals surface area contributed by atoms with Gasteiger partial charge in [0.25, 0.3) is 0 Å². The molecule has 0 saturated carbocycles. The Kier molecular flexibility index (Phi) is 5.73. The molecule has 0 saturated heterocycles. The molecule has 26 heavy (non-hydrogen) atoms. The molecule has 1 aliphatic heterocycles. The number of hydrogen-bond donors (Lipinski definition) is 3. The summed E-state index contributed by atoms with van der Waals surface area (Å²) < 4.78 is 5.25. The molecule has 0 aliphatic carbocycles. The Bertz CT molecular complexity index is 804. The van der Waals surface area contributed by atoms with E-state index >= 15 is 0 Å². The van der Waals surface area contributed by atoms with Gasteiger partial charge in [-0.3, -0.25) is 9.79 Å². The van der Waals surface area contributed by atoms with E-state index in [4.69, 9.17) is 4.74 Å². The van der Waals surface area contributed by atoms with Crippen LogP contribution in [0.5, 0.6) is 5.75 Å². The molecule has 3 N–H and O–H groups in total. The Labute approximate surface area is 153 Å². The summed E-state index contributed by atoms with van der Waals surface area (Å²) in [5.74, 6) is 1.71. The topological polar surface area (TPSA) is 74.8 Å². The molecule has 0 spiro atoms. The number of ether oxygens (including phenoxy) is 1. The molecule has 0 radical (unpaired) electrons. The second-order valence-electron chi connectivity index (χ2n) is 6.19. The van der Waals surface area contributed by atoms with Gasteiger partial charge in [0, 0.05) is 38.2 Å². The molecule has 1 heterocycles. The third kappa shape index (κ3) is 4.33. The van der Waals surface area contributed by atoms with Crippen molar-refractivity contribution in [1.29, 1.82) is 0 Å². The highest BCUT2D eigenvalue weighted by atomic mass is 16.5. The number of hydrogen-bond acceptors (Lipinski definition) is 3. The first-order chi connectivity index (χ1) is 12.7. The Morgan fingerprint density at radius 3 is 2.88 bits per heavy atom. The second kappa shape index (κ2) is 8.38. The molecule has 6 heteroatoms. The summed E-state index contributed by atoms with van der Waals surface area (Å²) in [4.78, 5) is 16.2. The van der Waals surface area contributed by atoms with Crippen molar-refractivity contribution in [3.63, 3.8) is 0 Å². The molecule has 2 aromatic rings. The molecule has 1 aliphatic rings. The number of fused-ring (bicyclic) bond motifs is 1. The lowest BCUT2D eigenvalue weighted by atomic mass is 9.90. The van der Waals surface area contributed by atoms with Crippen LogP contribution >= 0.6 is 0 Å². The zero-order valence-corrected chi connectivity index (χ0v) is 15.1. The Balaban J connectivity index is 1.58. The monoisotopic (exact) mass is 352 g/mol. The number of rotatable bonds is 5. The van der Waals surface area contributed by atoms with Crippen LogP contribution in [0.2, 0.25) is 0 Å². The number of methoxy groups -OCH3 is 1. The molecule has 0 fully saturated rings. The maximum Gasteiger partial charge on any atom is 0.225 e. The molecule has 0 aromatic heterocycles. The number of amides is 1. The van der Waals surface area contributed by atoms with Gasteiger partial charge in [-0.05, 0) is 29.3 Å². The van der Waals surface area contributed by atoms with Crippen molar-refractivity contribution in [3.8, 4) is 5.75 Å². The summed E-state index contributed by atoms with van der Waals surface area (Å²) >= 11 is 0. The minimum absolute atomic E-state index is 0.0508. The van der Waals surface area contributed by atoms with E-state index in [0.717, 1.165) is 22.6 Å². The average molecular weight is 352 g/mol. The van der Waals surface area contributed by atoms with Crippen LogP contribution in [0.1, 0.15) is 23.5 Å². The van der Waals surface area contributed by atoms with Crippen LogP contribution in [0, 0.1) is 0 Å². The fraction of sp³-hybridized carbons (Fsp3) is 0.300. The quantitative estimate of drug-likeness (QED) is 0.571. The van der Waals surface area contributed by atoms with Gasteiger partial charge in [0.15, 0.2) is 5.96 Å². The van der Waals surface area contributed by atoms with Crippen LogP contribution < -0.4 is 20.7 Å². The molecule has 1 amide bonds. The predicted molar refractivity (Wildman–Crippen MR) is 104 cm³/mol. The van der Waals surface area contributed by atoms with Crippen molar-refractivity contribution < 1.29 is 9.53 Å². The lowest BCUT2D eigenvalue weighted by Gasteiger charge is -2.26. The van der Waals surface area contributed by atoms with Crippen molar-refractivity contribution in [3.05, 3.63) is 59.7 Å². The van der Waals surface area contributed by atoms with Crippen LogP contribution in [0.25, 0.3) is 0 Å². The fourth-order valence-corrected chi connectivity index (χ4v) is 3.09. The van der Waals surface area contributed by atoms with Gasteiger partial charge in [-0.2, -0.15) is 0 Å². The number of guanidine groups is 1. The first kappa shape index (κ1) is 17.8. The summed E-state index contributed by atoms with van der Waals surface area (Å²) in [5, 5.41) is 9.55. The van der Waals surface area contributed by atoms with E-state index < -0.39 is 0 Å².